The minimum Gasteiger partial charge on any atom is -0.338 e. The van der Waals surface area contributed by atoms with Crippen LogP contribution in [-0.2, 0) is 12.1 Å². The highest BCUT2D eigenvalue weighted by Gasteiger charge is 2.24. The van der Waals surface area contributed by atoms with Crippen molar-refractivity contribution in [3.05, 3.63) is 11.7 Å². The Morgan fingerprint density at radius 1 is 1.43 bits per heavy atom. The summed E-state index contributed by atoms with van der Waals surface area (Å²) in [7, 11) is 5.81. The maximum Gasteiger partial charge on any atom is 0.240 e. The van der Waals surface area contributed by atoms with Gasteiger partial charge in [0.2, 0.25) is 5.89 Å². The summed E-state index contributed by atoms with van der Waals surface area (Å²) in [6.45, 7) is 4.70. The van der Waals surface area contributed by atoms with E-state index in [0.717, 1.165) is 0 Å². The van der Waals surface area contributed by atoms with E-state index >= 15 is 0 Å². The first-order valence-electron chi connectivity index (χ1n) is 4.62. The van der Waals surface area contributed by atoms with Crippen molar-refractivity contribution in [3.8, 4) is 0 Å². The molecule has 5 nitrogen and oxygen atoms in total. The van der Waals surface area contributed by atoms with Crippen LogP contribution < -0.4 is 5.32 Å². The van der Waals surface area contributed by atoms with Crippen LogP contribution in [0.25, 0.3) is 0 Å². The molecule has 0 bridgehead atoms. The van der Waals surface area contributed by atoms with Crippen LogP contribution in [-0.4, -0.2) is 36.2 Å². The van der Waals surface area contributed by atoms with Gasteiger partial charge < -0.3 is 14.7 Å². The molecule has 1 heterocycles. The van der Waals surface area contributed by atoms with Gasteiger partial charge in [0.15, 0.2) is 5.82 Å². The largest absolute Gasteiger partial charge is 0.338 e. The molecule has 0 saturated carbocycles. The van der Waals surface area contributed by atoms with Gasteiger partial charge in [0.25, 0.3) is 0 Å². The SMILES string of the molecule is CNC(C)(C)c1noc(CN(C)C)n1. The summed E-state index contributed by atoms with van der Waals surface area (Å²) in [5.74, 6) is 1.34. The van der Waals surface area contributed by atoms with Crippen LogP contribution in [0.1, 0.15) is 25.6 Å². The van der Waals surface area contributed by atoms with Crippen LogP contribution in [0.2, 0.25) is 0 Å². The van der Waals surface area contributed by atoms with Gasteiger partial charge in [-0.2, -0.15) is 4.98 Å². The first-order chi connectivity index (χ1) is 6.45. The predicted molar refractivity (Wildman–Crippen MR) is 53.8 cm³/mol. The van der Waals surface area contributed by atoms with Crippen molar-refractivity contribution in [2.45, 2.75) is 25.9 Å². The van der Waals surface area contributed by atoms with Gasteiger partial charge in [-0.25, -0.2) is 0 Å². The van der Waals surface area contributed by atoms with Gasteiger partial charge in [-0.3, -0.25) is 0 Å². The Hall–Kier alpha value is -0.940. The van der Waals surface area contributed by atoms with Crippen LogP contribution >= 0.6 is 0 Å². The standard InChI is InChI=1S/C9H18N4O/c1-9(2,10-3)8-11-7(14-12-8)6-13(4)5/h10H,6H2,1-5H3. The zero-order valence-electron chi connectivity index (χ0n) is 9.46. The van der Waals surface area contributed by atoms with Gasteiger partial charge in [0.05, 0.1) is 12.1 Å². The Morgan fingerprint density at radius 3 is 2.57 bits per heavy atom. The number of nitrogens with zero attached hydrogens (tertiary/aromatic N) is 3. The number of hydrogen-bond donors (Lipinski definition) is 1. The van der Waals surface area contributed by atoms with Gasteiger partial charge >= 0.3 is 0 Å². The Bertz CT molecular complexity index is 293. The lowest BCUT2D eigenvalue weighted by Gasteiger charge is -2.18. The molecule has 0 unspecified atom stereocenters. The van der Waals surface area contributed by atoms with Crippen LogP contribution in [0.3, 0.4) is 0 Å². The summed E-state index contributed by atoms with van der Waals surface area (Å²) >= 11 is 0. The van der Waals surface area contributed by atoms with Crippen molar-refractivity contribution in [2.24, 2.45) is 0 Å². The third-order valence-electron chi connectivity index (χ3n) is 2.10. The van der Waals surface area contributed by atoms with E-state index in [1.165, 1.54) is 0 Å². The fraction of sp³-hybridized carbons (Fsp3) is 0.778. The van der Waals surface area contributed by atoms with Crippen LogP contribution in [0, 0.1) is 0 Å². The van der Waals surface area contributed by atoms with Crippen molar-refractivity contribution in [1.29, 1.82) is 0 Å². The lowest BCUT2D eigenvalue weighted by atomic mass is 10.1. The quantitative estimate of drug-likeness (QED) is 0.767. The van der Waals surface area contributed by atoms with E-state index < -0.39 is 0 Å². The van der Waals surface area contributed by atoms with Gasteiger partial charge in [0.1, 0.15) is 0 Å². The van der Waals surface area contributed by atoms with Crippen molar-refractivity contribution < 1.29 is 4.52 Å². The fourth-order valence-electron chi connectivity index (χ4n) is 0.955. The van der Waals surface area contributed by atoms with Crippen molar-refractivity contribution in [1.82, 2.24) is 20.4 Å². The van der Waals surface area contributed by atoms with Crippen LogP contribution in [0.5, 0.6) is 0 Å². The molecule has 0 spiro atoms. The normalized spacial score (nSPS) is 12.4. The van der Waals surface area contributed by atoms with E-state index in [2.05, 4.69) is 15.5 Å². The monoisotopic (exact) mass is 198 g/mol. The molecule has 0 aliphatic carbocycles. The Morgan fingerprint density at radius 2 is 2.07 bits per heavy atom. The lowest BCUT2D eigenvalue weighted by molar-refractivity contribution is 0.296. The third-order valence-corrected chi connectivity index (χ3v) is 2.10. The summed E-state index contributed by atoms with van der Waals surface area (Å²) < 4.78 is 5.12. The van der Waals surface area contributed by atoms with Crippen LogP contribution in [0.15, 0.2) is 4.52 Å². The molecule has 1 aromatic heterocycles. The summed E-state index contributed by atoms with van der Waals surface area (Å²) in [4.78, 5) is 6.30. The Balaban J connectivity index is 2.77. The molecule has 0 amide bonds. The second kappa shape index (κ2) is 4.06. The summed E-state index contributed by atoms with van der Waals surface area (Å²) in [6, 6.07) is 0. The fourth-order valence-corrected chi connectivity index (χ4v) is 0.955. The topological polar surface area (TPSA) is 54.2 Å². The van der Waals surface area contributed by atoms with Crippen molar-refractivity contribution >= 4 is 0 Å². The van der Waals surface area contributed by atoms with E-state index in [9.17, 15) is 0 Å². The summed E-state index contributed by atoms with van der Waals surface area (Å²) in [5.41, 5.74) is -0.242. The molecule has 0 saturated heterocycles. The number of rotatable bonds is 4. The highest BCUT2D eigenvalue weighted by Crippen LogP contribution is 2.15. The average Bonchev–Trinajstić information content (AvgIpc) is 2.52. The Labute approximate surface area is 84.5 Å². The highest BCUT2D eigenvalue weighted by molar-refractivity contribution is 5.00. The maximum absolute atomic E-state index is 5.12. The molecule has 1 aromatic rings. The molecule has 1 rings (SSSR count). The summed E-state index contributed by atoms with van der Waals surface area (Å²) in [6.07, 6.45) is 0. The molecule has 80 valence electrons. The lowest BCUT2D eigenvalue weighted by Crippen LogP contribution is -2.34. The smallest absolute Gasteiger partial charge is 0.240 e. The van der Waals surface area contributed by atoms with Crippen LogP contribution in [0.4, 0.5) is 0 Å². The zero-order valence-corrected chi connectivity index (χ0v) is 9.46. The van der Waals surface area contributed by atoms with Gasteiger partial charge in [-0.15, -0.1) is 0 Å². The number of aromatic nitrogens is 2. The van der Waals surface area contributed by atoms with Gasteiger partial charge in [-0.1, -0.05) is 5.16 Å². The first-order valence-corrected chi connectivity index (χ1v) is 4.62. The maximum atomic E-state index is 5.12. The van der Waals surface area contributed by atoms with Gasteiger partial charge in [-0.05, 0) is 35.0 Å². The predicted octanol–water partition coefficient (Wildman–Crippen LogP) is 0.586. The third kappa shape index (κ3) is 2.52. The minimum absolute atomic E-state index is 0.242. The molecule has 0 radical (unpaired) electrons. The van der Waals surface area contributed by atoms with E-state index in [1.807, 2.05) is 39.9 Å². The molecular weight excluding hydrogens is 180 g/mol. The number of hydrogen-bond acceptors (Lipinski definition) is 5. The molecule has 0 atom stereocenters. The molecule has 0 aliphatic heterocycles. The van der Waals surface area contributed by atoms with Crippen molar-refractivity contribution in [3.63, 3.8) is 0 Å². The molecule has 0 aromatic carbocycles. The second-order valence-electron chi connectivity index (χ2n) is 4.12. The molecular formula is C9H18N4O. The van der Waals surface area contributed by atoms with E-state index in [0.29, 0.717) is 18.3 Å². The molecule has 0 fully saturated rings. The number of nitrogens with one attached hydrogen (secondary N) is 1. The summed E-state index contributed by atoms with van der Waals surface area (Å²) in [5, 5.41) is 7.06. The molecule has 1 N–H and O–H groups in total. The average molecular weight is 198 g/mol. The van der Waals surface area contributed by atoms with E-state index in [4.69, 9.17) is 4.52 Å². The molecule has 5 heteroatoms. The van der Waals surface area contributed by atoms with E-state index in [1.54, 1.807) is 0 Å². The first kappa shape index (κ1) is 11.1. The van der Waals surface area contributed by atoms with Crippen molar-refractivity contribution in [2.75, 3.05) is 21.1 Å². The molecule has 0 aliphatic rings. The Kier molecular flexibility index (Phi) is 3.23. The second-order valence-corrected chi connectivity index (χ2v) is 4.12. The highest BCUT2D eigenvalue weighted by atomic mass is 16.5. The van der Waals surface area contributed by atoms with Gasteiger partial charge in [0, 0.05) is 0 Å². The minimum atomic E-state index is -0.242. The zero-order chi connectivity index (χ0) is 10.8. The van der Waals surface area contributed by atoms with E-state index in [-0.39, 0.29) is 5.54 Å². The molecule has 14 heavy (non-hydrogen) atoms.